The van der Waals surface area contributed by atoms with E-state index in [1.165, 1.54) is 19.3 Å². The molecule has 1 aromatic carbocycles. The van der Waals surface area contributed by atoms with E-state index >= 15 is 0 Å². The summed E-state index contributed by atoms with van der Waals surface area (Å²) in [4.78, 5) is 15.3. The number of nitrogens with zero attached hydrogens (tertiary/aromatic N) is 1. The van der Waals surface area contributed by atoms with Gasteiger partial charge in [-0.25, -0.2) is 4.98 Å². The van der Waals surface area contributed by atoms with Gasteiger partial charge in [-0.3, -0.25) is 4.79 Å². The Morgan fingerprint density at radius 2 is 2.20 bits per heavy atom. The molecule has 0 aliphatic carbocycles. The Morgan fingerprint density at radius 1 is 1.45 bits per heavy atom. The molecule has 1 N–H and O–H groups in total. The van der Waals surface area contributed by atoms with Gasteiger partial charge < -0.3 is 14.3 Å². The molecule has 1 aromatic heterocycles. The summed E-state index contributed by atoms with van der Waals surface area (Å²) in [5.41, 5.74) is 0.923. The number of carbonyl (C=O) groups is 1. The molecule has 0 spiro atoms. The number of benzene rings is 1. The Balaban J connectivity index is 2.27. The number of phenols is 1. The number of ether oxygens (including phenoxy) is 1. The van der Waals surface area contributed by atoms with Gasteiger partial charge in [0.15, 0.2) is 17.3 Å². The summed E-state index contributed by atoms with van der Waals surface area (Å²) < 4.78 is 10.8. The molecule has 106 valence electrons. The summed E-state index contributed by atoms with van der Waals surface area (Å²) in [6.07, 6.45) is 1.32. The van der Waals surface area contributed by atoms with Crippen LogP contribution in [0, 0.1) is 5.92 Å². The number of rotatable bonds is 5. The van der Waals surface area contributed by atoms with Crippen molar-refractivity contribution in [3.05, 3.63) is 30.2 Å². The number of hydrogen-bond acceptors (Lipinski definition) is 5. The third kappa shape index (κ3) is 3.17. The average Bonchev–Trinajstić information content (AvgIpc) is 2.87. The minimum absolute atomic E-state index is 0.0627. The monoisotopic (exact) mass is 275 g/mol. The molecule has 0 saturated heterocycles. The van der Waals surface area contributed by atoms with Gasteiger partial charge in [0.2, 0.25) is 5.89 Å². The van der Waals surface area contributed by atoms with Crippen molar-refractivity contribution in [3.63, 3.8) is 0 Å². The fourth-order valence-electron chi connectivity index (χ4n) is 1.59. The summed E-state index contributed by atoms with van der Waals surface area (Å²) in [5.74, 6) is 0.954. The highest BCUT2D eigenvalue weighted by Gasteiger charge is 2.12. The molecule has 5 nitrogen and oxygen atoms in total. The summed E-state index contributed by atoms with van der Waals surface area (Å²) in [6, 6.07) is 4.82. The first kappa shape index (κ1) is 14.1. The molecule has 0 amide bonds. The highest BCUT2D eigenvalue weighted by Crippen LogP contribution is 2.31. The first-order chi connectivity index (χ1) is 9.47. The fourth-order valence-corrected chi connectivity index (χ4v) is 1.59. The molecule has 0 atom stereocenters. The quantitative estimate of drug-likeness (QED) is 0.848. The Bertz CT molecular complexity index is 616. The van der Waals surface area contributed by atoms with E-state index in [1.54, 1.807) is 12.1 Å². The van der Waals surface area contributed by atoms with Crippen LogP contribution in [0.4, 0.5) is 0 Å². The van der Waals surface area contributed by atoms with Crippen LogP contribution >= 0.6 is 0 Å². The highest BCUT2D eigenvalue weighted by molar-refractivity contribution is 5.92. The van der Waals surface area contributed by atoms with Crippen molar-refractivity contribution in [1.29, 1.82) is 0 Å². The van der Waals surface area contributed by atoms with Gasteiger partial charge in [0.25, 0.3) is 0 Å². The van der Waals surface area contributed by atoms with Gasteiger partial charge >= 0.3 is 0 Å². The summed E-state index contributed by atoms with van der Waals surface area (Å²) in [6.45, 7) is 5.97. The Labute approximate surface area is 117 Å². The van der Waals surface area contributed by atoms with E-state index in [4.69, 9.17) is 9.15 Å². The van der Waals surface area contributed by atoms with Crippen LogP contribution in [0.5, 0.6) is 11.5 Å². The maximum Gasteiger partial charge on any atom is 0.226 e. The molecule has 0 bridgehead atoms. The first-order valence-corrected chi connectivity index (χ1v) is 6.40. The number of Topliss-reactive ketones (excluding diaryl/α,β-unsaturated/α-hetero) is 1. The zero-order chi connectivity index (χ0) is 14.7. The second-order valence-electron chi connectivity index (χ2n) is 4.98. The van der Waals surface area contributed by atoms with Crippen LogP contribution in [0.3, 0.4) is 0 Å². The maximum absolute atomic E-state index is 11.2. The number of aromatic nitrogens is 1. The van der Waals surface area contributed by atoms with E-state index in [0.717, 1.165) is 0 Å². The lowest BCUT2D eigenvalue weighted by atomic mass is 10.2. The van der Waals surface area contributed by atoms with E-state index in [9.17, 15) is 9.90 Å². The lowest BCUT2D eigenvalue weighted by Gasteiger charge is -2.10. The van der Waals surface area contributed by atoms with Crippen LogP contribution in [0.2, 0.25) is 0 Å². The van der Waals surface area contributed by atoms with Crippen LogP contribution in [0.25, 0.3) is 11.5 Å². The van der Waals surface area contributed by atoms with Crippen molar-refractivity contribution in [3.8, 4) is 23.0 Å². The Morgan fingerprint density at radius 3 is 2.80 bits per heavy atom. The fraction of sp³-hybridized carbons (Fsp3) is 0.333. The summed E-state index contributed by atoms with van der Waals surface area (Å²) >= 11 is 0. The summed E-state index contributed by atoms with van der Waals surface area (Å²) in [7, 11) is 0. The Kier molecular flexibility index (Phi) is 4.08. The number of phenolic OH excluding ortho intramolecular Hbond substituents is 1. The third-order valence-electron chi connectivity index (χ3n) is 2.64. The molecule has 0 aliphatic heterocycles. The number of oxazole rings is 1. The van der Waals surface area contributed by atoms with Crippen LogP contribution < -0.4 is 4.74 Å². The van der Waals surface area contributed by atoms with Crippen molar-refractivity contribution < 1.29 is 19.1 Å². The van der Waals surface area contributed by atoms with Gasteiger partial charge in [-0.05, 0) is 24.1 Å². The largest absolute Gasteiger partial charge is 0.504 e. The molecule has 2 rings (SSSR count). The predicted molar refractivity (Wildman–Crippen MR) is 73.9 cm³/mol. The molecule has 20 heavy (non-hydrogen) atoms. The number of ketones is 1. The van der Waals surface area contributed by atoms with E-state index in [-0.39, 0.29) is 17.2 Å². The van der Waals surface area contributed by atoms with E-state index in [1.807, 2.05) is 13.8 Å². The molecule has 0 fully saturated rings. The van der Waals surface area contributed by atoms with Crippen molar-refractivity contribution in [1.82, 2.24) is 4.98 Å². The molecular formula is C15H17NO4. The maximum atomic E-state index is 11.2. The average molecular weight is 275 g/mol. The SMILES string of the molecule is CC(=O)c1coc(-c2ccc(O)c(OCC(C)C)c2)n1. The standard InChI is InChI=1S/C15H17NO4/c1-9(2)7-19-14-6-11(4-5-13(14)18)15-16-12(8-20-15)10(3)17/h4-6,8-9,18H,7H2,1-3H3. The summed E-state index contributed by atoms with van der Waals surface area (Å²) in [5, 5.41) is 9.76. The third-order valence-corrected chi connectivity index (χ3v) is 2.64. The van der Waals surface area contributed by atoms with Crippen molar-refractivity contribution in [2.45, 2.75) is 20.8 Å². The number of hydrogen-bond donors (Lipinski definition) is 1. The molecule has 0 saturated carbocycles. The molecule has 0 aliphatic rings. The van der Waals surface area contributed by atoms with E-state index < -0.39 is 0 Å². The molecule has 0 radical (unpaired) electrons. The zero-order valence-corrected chi connectivity index (χ0v) is 11.7. The molecule has 0 unspecified atom stereocenters. The van der Waals surface area contributed by atoms with Gasteiger partial charge in [-0.15, -0.1) is 0 Å². The Hall–Kier alpha value is -2.30. The minimum atomic E-state index is -0.157. The topological polar surface area (TPSA) is 72.6 Å². The van der Waals surface area contributed by atoms with Gasteiger partial charge in [0, 0.05) is 12.5 Å². The number of aromatic hydroxyl groups is 1. The molecule has 5 heteroatoms. The second kappa shape index (κ2) is 5.77. The highest BCUT2D eigenvalue weighted by atomic mass is 16.5. The minimum Gasteiger partial charge on any atom is -0.504 e. The van der Waals surface area contributed by atoms with Crippen molar-refractivity contribution in [2.75, 3.05) is 6.61 Å². The molecule has 2 aromatic rings. The van der Waals surface area contributed by atoms with Crippen molar-refractivity contribution >= 4 is 5.78 Å². The lowest BCUT2D eigenvalue weighted by Crippen LogP contribution is -2.04. The second-order valence-corrected chi connectivity index (χ2v) is 4.98. The van der Waals surface area contributed by atoms with Gasteiger partial charge in [-0.2, -0.15) is 0 Å². The van der Waals surface area contributed by atoms with Crippen molar-refractivity contribution in [2.24, 2.45) is 5.92 Å². The normalized spacial score (nSPS) is 10.8. The van der Waals surface area contributed by atoms with Gasteiger partial charge in [-0.1, -0.05) is 13.8 Å². The van der Waals surface area contributed by atoms with Crippen LogP contribution in [0.15, 0.2) is 28.9 Å². The van der Waals surface area contributed by atoms with Gasteiger partial charge in [0.05, 0.1) is 6.61 Å². The van der Waals surface area contributed by atoms with E-state index in [2.05, 4.69) is 4.98 Å². The zero-order valence-electron chi connectivity index (χ0n) is 11.7. The molecular weight excluding hydrogens is 258 g/mol. The van der Waals surface area contributed by atoms with Crippen LogP contribution in [-0.4, -0.2) is 22.5 Å². The number of carbonyl (C=O) groups excluding carboxylic acids is 1. The first-order valence-electron chi connectivity index (χ1n) is 6.40. The van der Waals surface area contributed by atoms with Gasteiger partial charge in [0.1, 0.15) is 12.0 Å². The molecule has 1 heterocycles. The van der Waals surface area contributed by atoms with Crippen LogP contribution in [0.1, 0.15) is 31.3 Å². The predicted octanol–water partition coefficient (Wildman–Crippen LogP) is 3.28. The smallest absolute Gasteiger partial charge is 0.226 e. The van der Waals surface area contributed by atoms with Crippen LogP contribution in [-0.2, 0) is 0 Å². The lowest BCUT2D eigenvalue weighted by molar-refractivity contribution is 0.101. The van der Waals surface area contributed by atoms with E-state index in [0.29, 0.717) is 29.7 Å².